The Labute approximate surface area is 215 Å². The molecule has 6 nitrogen and oxygen atoms in total. The number of sulfonamides is 1. The molecule has 3 rings (SSSR count). The van der Waals surface area contributed by atoms with Crippen LogP contribution in [0.25, 0.3) is 0 Å². The molecule has 3 aromatic rings. The fourth-order valence-corrected chi connectivity index (χ4v) is 5.20. The van der Waals surface area contributed by atoms with Gasteiger partial charge < -0.3 is 10.2 Å². The molecule has 0 unspecified atom stereocenters. The molecule has 198 valence electrons. The number of rotatable bonds is 10. The number of anilines is 2. The van der Waals surface area contributed by atoms with Crippen molar-refractivity contribution in [2.75, 3.05) is 28.8 Å². The Morgan fingerprint density at radius 3 is 2.08 bits per heavy atom. The van der Waals surface area contributed by atoms with Gasteiger partial charge in [-0.25, -0.2) is 8.42 Å². The number of alkyl halides is 3. The Morgan fingerprint density at radius 1 is 0.892 bits per heavy atom. The Morgan fingerprint density at radius 2 is 1.51 bits per heavy atom. The van der Waals surface area contributed by atoms with Crippen molar-refractivity contribution in [3.63, 3.8) is 0 Å². The topological polar surface area (TPSA) is 69.7 Å². The van der Waals surface area contributed by atoms with Crippen molar-refractivity contribution in [1.82, 2.24) is 5.32 Å². The minimum atomic E-state index is -4.67. The lowest BCUT2D eigenvalue weighted by atomic mass is 10.2. The highest BCUT2D eigenvalue weighted by molar-refractivity contribution is 7.92. The maximum absolute atomic E-state index is 13.4. The molecule has 0 saturated carbocycles. The summed E-state index contributed by atoms with van der Waals surface area (Å²) in [5.74, 6) is -0.652. The molecule has 0 aliphatic rings. The zero-order valence-electron chi connectivity index (χ0n) is 20.9. The van der Waals surface area contributed by atoms with Crippen molar-refractivity contribution in [3.05, 3.63) is 89.5 Å². The predicted molar refractivity (Wildman–Crippen MR) is 139 cm³/mol. The molecule has 0 aliphatic carbocycles. The maximum atomic E-state index is 13.4. The molecule has 0 aromatic heterocycles. The monoisotopic (exact) mass is 533 g/mol. The first kappa shape index (κ1) is 28.0. The number of carbonyl (C=O) groups is 1. The van der Waals surface area contributed by atoms with Gasteiger partial charge in [0.05, 0.1) is 16.1 Å². The minimum Gasteiger partial charge on any atom is -0.372 e. The molecule has 0 bridgehead atoms. The highest BCUT2D eigenvalue weighted by Crippen LogP contribution is 2.33. The molecule has 0 fully saturated rings. The third kappa shape index (κ3) is 7.03. The number of amides is 1. The van der Waals surface area contributed by atoms with Gasteiger partial charge in [-0.3, -0.25) is 9.10 Å². The minimum absolute atomic E-state index is 0.129. The van der Waals surface area contributed by atoms with Crippen molar-refractivity contribution >= 4 is 27.3 Å². The van der Waals surface area contributed by atoms with Crippen molar-refractivity contribution < 1.29 is 26.4 Å². The fourth-order valence-electron chi connectivity index (χ4n) is 3.79. The molecule has 1 amide bonds. The van der Waals surface area contributed by atoms with Gasteiger partial charge in [-0.15, -0.1) is 0 Å². The van der Waals surface area contributed by atoms with Crippen LogP contribution in [0.1, 0.15) is 30.5 Å². The first-order valence-corrected chi connectivity index (χ1v) is 13.3. The van der Waals surface area contributed by atoms with Gasteiger partial charge >= 0.3 is 6.18 Å². The lowest BCUT2D eigenvalue weighted by Crippen LogP contribution is -2.40. The number of hydrogen-bond donors (Lipinski definition) is 1. The van der Waals surface area contributed by atoms with Gasteiger partial charge in [-0.1, -0.05) is 35.9 Å². The lowest BCUT2D eigenvalue weighted by Gasteiger charge is -2.25. The second-order valence-corrected chi connectivity index (χ2v) is 10.4. The maximum Gasteiger partial charge on any atom is 0.416 e. The summed E-state index contributed by atoms with van der Waals surface area (Å²) in [7, 11) is -4.33. The van der Waals surface area contributed by atoms with Gasteiger partial charge in [0.15, 0.2) is 0 Å². The molecular formula is C27H30F3N3O3S. The normalized spacial score (nSPS) is 11.7. The van der Waals surface area contributed by atoms with E-state index in [0.29, 0.717) is 4.31 Å². The van der Waals surface area contributed by atoms with Crippen LogP contribution in [-0.2, 0) is 27.5 Å². The molecule has 0 atom stereocenters. The molecule has 0 saturated heterocycles. The van der Waals surface area contributed by atoms with Crippen LogP contribution >= 0.6 is 0 Å². The van der Waals surface area contributed by atoms with Crippen LogP contribution in [-0.4, -0.2) is 34.0 Å². The van der Waals surface area contributed by atoms with E-state index in [1.807, 2.05) is 24.3 Å². The van der Waals surface area contributed by atoms with Crippen LogP contribution in [0, 0.1) is 6.92 Å². The highest BCUT2D eigenvalue weighted by atomic mass is 32.2. The summed E-state index contributed by atoms with van der Waals surface area (Å²) in [4.78, 5) is 14.9. The average Bonchev–Trinajstić information content (AvgIpc) is 2.87. The largest absolute Gasteiger partial charge is 0.416 e. The third-order valence-electron chi connectivity index (χ3n) is 5.91. The standard InChI is InChI=1S/C27H30F3N3O3S/c1-4-32(5-2)23-13-11-21(12-14-23)18-31-26(34)19-33(24-8-6-7-22(17-24)27(28,29)30)37(35,36)25-15-9-20(3)10-16-25/h6-17H,4-5,18-19H2,1-3H3,(H,31,34). The van der Waals surface area contributed by atoms with Gasteiger partial charge in [-0.2, -0.15) is 13.2 Å². The van der Waals surface area contributed by atoms with E-state index in [9.17, 15) is 26.4 Å². The smallest absolute Gasteiger partial charge is 0.372 e. The van der Waals surface area contributed by atoms with Crippen LogP contribution < -0.4 is 14.5 Å². The number of carbonyl (C=O) groups excluding carboxylic acids is 1. The van der Waals surface area contributed by atoms with Crippen molar-refractivity contribution in [1.29, 1.82) is 0 Å². The van der Waals surface area contributed by atoms with E-state index in [-0.39, 0.29) is 17.1 Å². The predicted octanol–water partition coefficient (Wildman–Crippen LogP) is 5.37. The zero-order chi connectivity index (χ0) is 27.2. The number of benzene rings is 3. The third-order valence-corrected chi connectivity index (χ3v) is 7.70. The summed E-state index contributed by atoms with van der Waals surface area (Å²) in [5, 5.41) is 2.67. The number of aryl methyl sites for hydroxylation is 1. The van der Waals surface area contributed by atoms with E-state index in [1.165, 1.54) is 18.2 Å². The van der Waals surface area contributed by atoms with E-state index in [4.69, 9.17) is 0 Å². The number of nitrogens with one attached hydrogen (secondary N) is 1. The van der Waals surface area contributed by atoms with Crippen molar-refractivity contribution in [2.24, 2.45) is 0 Å². The molecule has 3 aromatic carbocycles. The van der Waals surface area contributed by atoms with E-state index in [0.717, 1.165) is 48.1 Å². The van der Waals surface area contributed by atoms with Gasteiger partial charge in [0, 0.05) is 25.3 Å². The second kappa shape index (κ2) is 11.7. The number of hydrogen-bond acceptors (Lipinski definition) is 4. The number of nitrogens with zero attached hydrogens (tertiary/aromatic N) is 2. The summed E-state index contributed by atoms with van der Waals surface area (Å²) >= 11 is 0. The number of halogens is 3. The van der Waals surface area contributed by atoms with Crippen LogP contribution in [0.15, 0.2) is 77.7 Å². The SMILES string of the molecule is CCN(CC)c1ccc(CNC(=O)CN(c2cccc(C(F)(F)F)c2)S(=O)(=O)c2ccc(C)cc2)cc1. The van der Waals surface area contributed by atoms with Crippen molar-refractivity contribution in [2.45, 2.75) is 38.4 Å². The van der Waals surface area contributed by atoms with Crippen LogP contribution in [0.3, 0.4) is 0 Å². The molecule has 0 spiro atoms. The zero-order valence-corrected chi connectivity index (χ0v) is 21.7. The van der Waals surface area contributed by atoms with Crippen LogP contribution in [0.2, 0.25) is 0 Å². The first-order chi connectivity index (χ1) is 17.5. The molecule has 10 heteroatoms. The summed E-state index contributed by atoms with van der Waals surface area (Å²) in [6.45, 7) is 7.05. The molecule has 1 N–H and O–H groups in total. The molecule has 37 heavy (non-hydrogen) atoms. The molecule has 0 aliphatic heterocycles. The Hall–Kier alpha value is -3.53. The van der Waals surface area contributed by atoms with Crippen LogP contribution in [0.5, 0.6) is 0 Å². The van der Waals surface area contributed by atoms with E-state index < -0.39 is 34.2 Å². The summed E-state index contributed by atoms with van der Waals surface area (Å²) < 4.78 is 67.6. The van der Waals surface area contributed by atoms with Gasteiger partial charge in [0.1, 0.15) is 6.54 Å². The van der Waals surface area contributed by atoms with Crippen molar-refractivity contribution in [3.8, 4) is 0 Å². The molecule has 0 heterocycles. The molecule has 0 radical (unpaired) electrons. The Kier molecular flexibility index (Phi) is 8.85. The Balaban J connectivity index is 1.85. The average molecular weight is 534 g/mol. The van der Waals surface area contributed by atoms with Gasteiger partial charge in [0.25, 0.3) is 10.0 Å². The fraction of sp³-hybridized carbons (Fsp3) is 0.296. The van der Waals surface area contributed by atoms with Crippen LogP contribution in [0.4, 0.5) is 24.5 Å². The quantitative estimate of drug-likeness (QED) is 0.380. The highest BCUT2D eigenvalue weighted by Gasteiger charge is 2.33. The summed E-state index contributed by atoms with van der Waals surface area (Å²) in [6.07, 6.45) is -4.67. The summed E-state index contributed by atoms with van der Waals surface area (Å²) in [6, 6.07) is 17.4. The first-order valence-electron chi connectivity index (χ1n) is 11.8. The van der Waals surface area contributed by atoms with E-state index >= 15 is 0 Å². The second-order valence-electron chi connectivity index (χ2n) is 8.49. The van der Waals surface area contributed by atoms with E-state index in [1.54, 1.807) is 19.1 Å². The van der Waals surface area contributed by atoms with Gasteiger partial charge in [0.2, 0.25) is 5.91 Å². The molecular weight excluding hydrogens is 503 g/mol. The lowest BCUT2D eigenvalue weighted by molar-refractivity contribution is -0.137. The van der Waals surface area contributed by atoms with Gasteiger partial charge in [-0.05, 0) is 68.8 Å². The van der Waals surface area contributed by atoms with E-state index in [2.05, 4.69) is 24.1 Å². The Bertz CT molecular complexity index is 1310. The summed E-state index contributed by atoms with van der Waals surface area (Å²) in [5.41, 5.74) is 1.39.